The van der Waals surface area contributed by atoms with E-state index in [1.54, 1.807) is 0 Å². The summed E-state index contributed by atoms with van der Waals surface area (Å²) in [7, 11) is 0. The molecule has 0 bridgehead atoms. The van der Waals surface area contributed by atoms with Gasteiger partial charge in [-0.2, -0.15) is 0 Å². The second-order valence-electron chi connectivity index (χ2n) is 6.61. The van der Waals surface area contributed by atoms with E-state index in [-0.39, 0.29) is 5.41 Å². The molecule has 0 radical (unpaired) electrons. The number of nitrogens with one attached hydrogen (secondary N) is 2. The van der Waals surface area contributed by atoms with Crippen LogP contribution in [-0.2, 0) is 4.74 Å². The average molecular weight is 289 g/mol. The van der Waals surface area contributed by atoms with Gasteiger partial charge in [-0.15, -0.1) is 0 Å². The van der Waals surface area contributed by atoms with Gasteiger partial charge in [-0.05, 0) is 37.1 Å². The topological polar surface area (TPSA) is 76.4 Å². The summed E-state index contributed by atoms with van der Waals surface area (Å²) in [5.41, 5.74) is 7.02. The molecule has 0 aromatic heterocycles. The van der Waals surface area contributed by atoms with Gasteiger partial charge in [0.2, 0.25) is 0 Å². The molecule has 4 N–H and O–H groups in total. The summed E-state index contributed by atoms with van der Waals surface area (Å²) >= 11 is 0. The van der Waals surface area contributed by atoms with E-state index in [9.17, 15) is 4.79 Å². The van der Waals surface area contributed by atoms with Gasteiger partial charge in [-0.25, -0.2) is 4.79 Å². The van der Waals surface area contributed by atoms with Crippen LogP contribution in [0.15, 0.2) is 24.3 Å². The highest BCUT2D eigenvalue weighted by Crippen LogP contribution is 2.52. The number of fused-ring (bicyclic) bond motifs is 1. The fourth-order valence-corrected chi connectivity index (χ4v) is 3.79. The Morgan fingerprint density at radius 3 is 2.62 bits per heavy atom. The molecular weight excluding hydrogens is 266 g/mol. The zero-order chi connectivity index (χ0) is 15.0. The lowest BCUT2D eigenvalue weighted by molar-refractivity contribution is -0.177. The van der Waals surface area contributed by atoms with E-state index in [0.717, 1.165) is 18.7 Å². The highest BCUT2D eigenvalue weighted by atomic mass is 16.5. The van der Waals surface area contributed by atoms with Crippen LogP contribution in [0.25, 0.3) is 0 Å². The first-order chi connectivity index (χ1) is 9.98. The number of rotatable bonds is 3. The fraction of sp³-hybridized carbons (Fsp3) is 0.562. The molecule has 1 saturated heterocycles. The second-order valence-corrected chi connectivity index (χ2v) is 6.61. The molecule has 3 atom stereocenters. The van der Waals surface area contributed by atoms with Crippen LogP contribution in [-0.4, -0.2) is 24.8 Å². The van der Waals surface area contributed by atoms with Gasteiger partial charge in [0.1, 0.15) is 0 Å². The molecular formula is C16H23N3O2. The van der Waals surface area contributed by atoms with Crippen LogP contribution in [0.5, 0.6) is 0 Å². The largest absolute Gasteiger partial charge is 0.381 e. The maximum Gasteiger partial charge on any atom is 0.316 e. The van der Waals surface area contributed by atoms with Crippen molar-refractivity contribution < 1.29 is 9.53 Å². The third kappa shape index (κ3) is 2.58. The number of ether oxygens (including phenoxy) is 1. The molecule has 1 heterocycles. The first kappa shape index (κ1) is 14.2. The van der Waals surface area contributed by atoms with Crippen LogP contribution in [0.3, 0.4) is 0 Å². The Labute approximate surface area is 125 Å². The number of carbonyl (C=O) groups is 1. The molecule has 0 spiro atoms. The summed E-state index contributed by atoms with van der Waals surface area (Å²) in [5, 5.41) is 6.19. The third-order valence-corrected chi connectivity index (χ3v) is 4.81. The van der Waals surface area contributed by atoms with E-state index in [4.69, 9.17) is 10.5 Å². The van der Waals surface area contributed by atoms with E-state index >= 15 is 0 Å². The predicted molar refractivity (Wildman–Crippen MR) is 83.3 cm³/mol. The first-order valence-corrected chi connectivity index (χ1v) is 7.53. The molecule has 3 rings (SSSR count). The zero-order valence-electron chi connectivity index (χ0n) is 12.6. The fourth-order valence-electron chi connectivity index (χ4n) is 3.79. The van der Waals surface area contributed by atoms with Crippen molar-refractivity contribution in [2.45, 2.75) is 38.8 Å². The van der Waals surface area contributed by atoms with Crippen molar-refractivity contribution in [1.29, 1.82) is 0 Å². The summed E-state index contributed by atoms with van der Waals surface area (Å²) in [4.78, 5) is 10.8. The van der Waals surface area contributed by atoms with Crippen LogP contribution in [0.1, 0.15) is 26.7 Å². The van der Waals surface area contributed by atoms with Crippen molar-refractivity contribution in [3.63, 3.8) is 0 Å². The standard InChI is InChI=1S/C16H23N3O2/c1-16(2)13(12-4-3-9-21-14(12)16)18-10-5-7-11(8-6-10)19-15(17)20/h5-8,12-14,18H,3-4,9H2,1-2H3,(H3,17,19,20). The van der Waals surface area contributed by atoms with E-state index in [1.165, 1.54) is 6.42 Å². The lowest BCUT2D eigenvalue weighted by Gasteiger charge is -2.60. The van der Waals surface area contributed by atoms with E-state index in [0.29, 0.717) is 23.8 Å². The van der Waals surface area contributed by atoms with E-state index in [2.05, 4.69) is 24.5 Å². The van der Waals surface area contributed by atoms with Crippen LogP contribution >= 0.6 is 0 Å². The SMILES string of the molecule is CC1(C)C(Nc2ccc(NC(N)=O)cc2)C2CCCOC21. The number of primary amides is 1. The molecule has 5 nitrogen and oxygen atoms in total. The van der Waals surface area contributed by atoms with Crippen molar-refractivity contribution in [2.24, 2.45) is 17.1 Å². The number of hydrogen-bond donors (Lipinski definition) is 3. The van der Waals surface area contributed by atoms with Crippen LogP contribution in [0, 0.1) is 11.3 Å². The quantitative estimate of drug-likeness (QED) is 0.801. The number of hydrogen-bond acceptors (Lipinski definition) is 3. The van der Waals surface area contributed by atoms with Crippen LogP contribution < -0.4 is 16.4 Å². The highest BCUT2D eigenvalue weighted by molar-refractivity contribution is 5.87. The molecule has 2 aliphatic rings. The summed E-state index contributed by atoms with van der Waals surface area (Å²) < 4.78 is 5.92. The van der Waals surface area contributed by atoms with Crippen molar-refractivity contribution in [3.8, 4) is 0 Å². The molecule has 1 aliphatic carbocycles. The Balaban J connectivity index is 1.67. The van der Waals surface area contributed by atoms with Crippen molar-refractivity contribution in [3.05, 3.63) is 24.3 Å². The number of nitrogens with two attached hydrogens (primary N) is 1. The molecule has 1 aromatic carbocycles. The molecule has 3 unspecified atom stereocenters. The summed E-state index contributed by atoms with van der Waals surface area (Å²) in [6.45, 7) is 5.42. The van der Waals surface area contributed by atoms with Crippen molar-refractivity contribution in [2.75, 3.05) is 17.2 Å². The number of benzene rings is 1. The summed E-state index contributed by atoms with van der Waals surface area (Å²) in [6, 6.07) is 7.54. The Kier molecular flexibility index (Phi) is 3.53. The first-order valence-electron chi connectivity index (χ1n) is 7.53. The Bertz CT molecular complexity index is 527. The maximum atomic E-state index is 10.8. The monoisotopic (exact) mass is 289 g/mol. The highest BCUT2D eigenvalue weighted by Gasteiger charge is 2.57. The minimum absolute atomic E-state index is 0.148. The van der Waals surface area contributed by atoms with E-state index < -0.39 is 6.03 Å². The number of amides is 2. The summed E-state index contributed by atoms with van der Waals surface area (Å²) in [6.07, 6.45) is 2.75. The maximum absolute atomic E-state index is 10.8. The molecule has 114 valence electrons. The van der Waals surface area contributed by atoms with Gasteiger partial charge in [0, 0.05) is 35.4 Å². The molecule has 1 saturated carbocycles. The average Bonchev–Trinajstić information content (AvgIpc) is 2.46. The minimum Gasteiger partial charge on any atom is -0.381 e. The van der Waals surface area contributed by atoms with Gasteiger partial charge in [0.15, 0.2) is 0 Å². The smallest absolute Gasteiger partial charge is 0.316 e. The molecule has 5 heteroatoms. The minimum atomic E-state index is -0.543. The molecule has 1 aromatic rings. The molecule has 2 amide bonds. The third-order valence-electron chi connectivity index (χ3n) is 4.81. The van der Waals surface area contributed by atoms with Gasteiger partial charge < -0.3 is 21.1 Å². The van der Waals surface area contributed by atoms with Gasteiger partial charge >= 0.3 is 6.03 Å². The predicted octanol–water partition coefficient (Wildman–Crippen LogP) is 2.79. The number of urea groups is 1. The molecule has 2 fully saturated rings. The van der Waals surface area contributed by atoms with Gasteiger partial charge in [-0.1, -0.05) is 13.8 Å². The molecule has 1 aliphatic heterocycles. The Morgan fingerprint density at radius 1 is 1.29 bits per heavy atom. The Morgan fingerprint density at radius 2 is 1.95 bits per heavy atom. The second kappa shape index (κ2) is 5.22. The normalized spacial score (nSPS) is 29.9. The molecule has 21 heavy (non-hydrogen) atoms. The van der Waals surface area contributed by atoms with Gasteiger partial charge in [-0.3, -0.25) is 0 Å². The van der Waals surface area contributed by atoms with Crippen LogP contribution in [0.2, 0.25) is 0 Å². The van der Waals surface area contributed by atoms with Crippen molar-refractivity contribution >= 4 is 17.4 Å². The lowest BCUT2D eigenvalue weighted by atomic mass is 9.55. The van der Waals surface area contributed by atoms with Crippen LogP contribution in [0.4, 0.5) is 16.2 Å². The Hall–Kier alpha value is -1.75. The van der Waals surface area contributed by atoms with Gasteiger partial charge in [0.25, 0.3) is 0 Å². The zero-order valence-corrected chi connectivity index (χ0v) is 12.6. The summed E-state index contributed by atoms with van der Waals surface area (Å²) in [5.74, 6) is 0.595. The lowest BCUT2D eigenvalue weighted by Crippen LogP contribution is -2.67. The van der Waals surface area contributed by atoms with Crippen molar-refractivity contribution in [1.82, 2.24) is 0 Å². The number of carbonyl (C=O) groups excluding carboxylic acids is 1. The van der Waals surface area contributed by atoms with Gasteiger partial charge in [0.05, 0.1) is 6.10 Å². The number of anilines is 2. The van der Waals surface area contributed by atoms with E-state index in [1.807, 2.05) is 24.3 Å².